The largest absolute Gasteiger partial charge is 0.383 e. The normalized spacial score (nSPS) is 16.3. The molecule has 3 rings (SSSR count). The van der Waals surface area contributed by atoms with Crippen molar-refractivity contribution >= 4 is 5.82 Å². The highest BCUT2D eigenvalue weighted by Gasteiger charge is 2.24. The molecule has 112 valence electrons. The van der Waals surface area contributed by atoms with Crippen LogP contribution in [0.3, 0.4) is 0 Å². The Morgan fingerprint density at radius 1 is 1.19 bits per heavy atom. The molecule has 0 bridgehead atoms. The fourth-order valence-electron chi connectivity index (χ4n) is 3.53. The maximum Gasteiger partial charge on any atom is 0.131 e. The molecule has 2 aromatic rings. The van der Waals surface area contributed by atoms with Crippen LogP contribution in [0.2, 0.25) is 0 Å². The number of aromatic nitrogens is 2. The second-order valence-corrected chi connectivity index (χ2v) is 6.10. The maximum atomic E-state index is 6.42. The van der Waals surface area contributed by atoms with Gasteiger partial charge in [0, 0.05) is 18.0 Å². The van der Waals surface area contributed by atoms with Gasteiger partial charge in [0.15, 0.2) is 0 Å². The number of hydrogen-bond donors (Lipinski definition) is 1. The van der Waals surface area contributed by atoms with E-state index < -0.39 is 0 Å². The highest BCUT2D eigenvalue weighted by Crippen LogP contribution is 2.37. The van der Waals surface area contributed by atoms with Gasteiger partial charge in [0.25, 0.3) is 0 Å². The summed E-state index contributed by atoms with van der Waals surface area (Å²) in [5.74, 6) is 2.61. The molecule has 0 amide bonds. The standard InChI is InChI=1S/C18H25N3/c1-3-21-17(19)16(15-12-8-7-9-13(15)2)20-18(21)14-10-5-4-6-11-14/h7-9,12,14H,3-6,10-11,19H2,1-2H3. The molecule has 1 aromatic heterocycles. The first-order chi connectivity index (χ1) is 10.2. The van der Waals surface area contributed by atoms with Crippen LogP contribution in [-0.2, 0) is 6.54 Å². The van der Waals surface area contributed by atoms with Crippen molar-refractivity contribution in [2.24, 2.45) is 0 Å². The first kappa shape index (κ1) is 14.2. The smallest absolute Gasteiger partial charge is 0.131 e. The quantitative estimate of drug-likeness (QED) is 0.900. The minimum atomic E-state index is 0.582. The molecule has 1 saturated carbocycles. The number of nitrogens with two attached hydrogens (primary N) is 1. The summed E-state index contributed by atoms with van der Waals surface area (Å²) < 4.78 is 2.22. The number of nitrogens with zero attached hydrogens (tertiary/aromatic N) is 2. The zero-order valence-electron chi connectivity index (χ0n) is 13.1. The third-order valence-corrected chi connectivity index (χ3v) is 4.72. The monoisotopic (exact) mass is 283 g/mol. The lowest BCUT2D eigenvalue weighted by molar-refractivity contribution is 0.418. The summed E-state index contributed by atoms with van der Waals surface area (Å²) in [5.41, 5.74) is 9.79. The molecule has 1 heterocycles. The molecule has 3 nitrogen and oxygen atoms in total. The van der Waals surface area contributed by atoms with Gasteiger partial charge < -0.3 is 10.3 Å². The van der Waals surface area contributed by atoms with Crippen LogP contribution < -0.4 is 5.73 Å². The van der Waals surface area contributed by atoms with Crippen LogP contribution in [0.25, 0.3) is 11.3 Å². The Labute approximate surface area is 127 Å². The van der Waals surface area contributed by atoms with Gasteiger partial charge in [-0.3, -0.25) is 0 Å². The van der Waals surface area contributed by atoms with Crippen LogP contribution in [0, 0.1) is 6.92 Å². The molecule has 1 aromatic carbocycles. The Bertz CT molecular complexity index is 621. The van der Waals surface area contributed by atoms with Gasteiger partial charge in [-0.05, 0) is 32.3 Å². The van der Waals surface area contributed by atoms with Crippen molar-refractivity contribution in [1.82, 2.24) is 9.55 Å². The zero-order chi connectivity index (χ0) is 14.8. The van der Waals surface area contributed by atoms with E-state index in [4.69, 9.17) is 10.7 Å². The summed E-state index contributed by atoms with van der Waals surface area (Å²) in [7, 11) is 0. The summed E-state index contributed by atoms with van der Waals surface area (Å²) in [6, 6.07) is 8.37. The van der Waals surface area contributed by atoms with Gasteiger partial charge in [0.1, 0.15) is 17.3 Å². The SMILES string of the molecule is CCn1c(C2CCCCC2)nc(-c2ccccc2C)c1N. The number of imidazole rings is 1. The van der Waals surface area contributed by atoms with Crippen LogP contribution in [0.4, 0.5) is 5.82 Å². The number of hydrogen-bond acceptors (Lipinski definition) is 2. The molecule has 2 N–H and O–H groups in total. The molecule has 0 aliphatic heterocycles. The van der Waals surface area contributed by atoms with E-state index in [1.54, 1.807) is 0 Å². The molecule has 1 aliphatic rings. The van der Waals surface area contributed by atoms with Crippen molar-refractivity contribution < 1.29 is 0 Å². The van der Waals surface area contributed by atoms with Crippen molar-refractivity contribution in [2.75, 3.05) is 5.73 Å². The Balaban J connectivity index is 2.07. The van der Waals surface area contributed by atoms with Crippen LogP contribution in [-0.4, -0.2) is 9.55 Å². The second kappa shape index (κ2) is 5.92. The molecule has 21 heavy (non-hydrogen) atoms. The van der Waals surface area contributed by atoms with Crippen molar-refractivity contribution in [3.8, 4) is 11.3 Å². The highest BCUT2D eigenvalue weighted by atomic mass is 15.1. The van der Waals surface area contributed by atoms with E-state index in [0.717, 1.165) is 18.1 Å². The van der Waals surface area contributed by atoms with Gasteiger partial charge in [0.2, 0.25) is 0 Å². The van der Waals surface area contributed by atoms with E-state index in [9.17, 15) is 0 Å². The minimum absolute atomic E-state index is 0.582. The lowest BCUT2D eigenvalue weighted by atomic mass is 9.88. The van der Waals surface area contributed by atoms with E-state index in [1.165, 1.54) is 49.1 Å². The van der Waals surface area contributed by atoms with Gasteiger partial charge >= 0.3 is 0 Å². The molecule has 1 aliphatic carbocycles. The second-order valence-electron chi connectivity index (χ2n) is 6.10. The summed E-state index contributed by atoms with van der Waals surface area (Å²) in [4.78, 5) is 4.97. The van der Waals surface area contributed by atoms with E-state index >= 15 is 0 Å². The molecule has 0 unspecified atom stereocenters. The van der Waals surface area contributed by atoms with Gasteiger partial charge in [-0.1, -0.05) is 43.5 Å². The van der Waals surface area contributed by atoms with Crippen molar-refractivity contribution in [3.05, 3.63) is 35.7 Å². The van der Waals surface area contributed by atoms with Crippen LogP contribution >= 0.6 is 0 Å². The molecular formula is C18H25N3. The fourth-order valence-corrected chi connectivity index (χ4v) is 3.53. The van der Waals surface area contributed by atoms with E-state index in [2.05, 4.69) is 42.7 Å². The van der Waals surface area contributed by atoms with Gasteiger partial charge in [-0.15, -0.1) is 0 Å². The topological polar surface area (TPSA) is 43.8 Å². The summed E-state index contributed by atoms with van der Waals surface area (Å²) in [6.45, 7) is 5.18. The predicted molar refractivity (Wildman–Crippen MR) is 88.3 cm³/mol. The number of anilines is 1. The molecule has 1 fully saturated rings. The first-order valence-electron chi connectivity index (χ1n) is 8.14. The molecule has 0 spiro atoms. The van der Waals surface area contributed by atoms with Crippen molar-refractivity contribution in [1.29, 1.82) is 0 Å². The van der Waals surface area contributed by atoms with Crippen LogP contribution in [0.5, 0.6) is 0 Å². The van der Waals surface area contributed by atoms with E-state index in [-0.39, 0.29) is 0 Å². The van der Waals surface area contributed by atoms with Gasteiger partial charge in [0.05, 0.1) is 0 Å². The summed E-state index contributed by atoms with van der Waals surface area (Å²) in [6.07, 6.45) is 6.51. The Hall–Kier alpha value is -1.77. The Morgan fingerprint density at radius 2 is 1.90 bits per heavy atom. The van der Waals surface area contributed by atoms with Crippen molar-refractivity contribution in [2.45, 2.75) is 58.4 Å². The maximum absolute atomic E-state index is 6.42. The summed E-state index contributed by atoms with van der Waals surface area (Å²) >= 11 is 0. The molecule has 0 atom stereocenters. The molecule has 0 saturated heterocycles. The molecular weight excluding hydrogens is 258 g/mol. The van der Waals surface area contributed by atoms with Crippen molar-refractivity contribution in [3.63, 3.8) is 0 Å². The van der Waals surface area contributed by atoms with E-state index in [1.807, 2.05) is 0 Å². The summed E-state index contributed by atoms with van der Waals surface area (Å²) in [5, 5.41) is 0. The fraction of sp³-hybridized carbons (Fsp3) is 0.500. The third-order valence-electron chi connectivity index (χ3n) is 4.72. The predicted octanol–water partition coefficient (Wildman–Crippen LogP) is 4.51. The van der Waals surface area contributed by atoms with Crippen LogP contribution in [0.15, 0.2) is 24.3 Å². The molecule has 3 heteroatoms. The number of rotatable bonds is 3. The Kier molecular flexibility index (Phi) is 4.00. The third kappa shape index (κ3) is 2.57. The lowest BCUT2D eigenvalue weighted by Crippen LogP contribution is -2.12. The average Bonchev–Trinajstić information content (AvgIpc) is 2.85. The van der Waals surface area contributed by atoms with Crippen LogP contribution in [0.1, 0.15) is 56.3 Å². The van der Waals surface area contributed by atoms with Gasteiger partial charge in [-0.25, -0.2) is 4.98 Å². The first-order valence-corrected chi connectivity index (χ1v) is 8.14. The number of nitrogen functional groups attached to an aromatic ring is 1. The van der Waals surface area contributed by atoms with E-state index in [0.29, 0.717) is 5.92 Å². The zero-order valence-corrected chi connectivity index (χ0v) is 13.1. The number of benzene rings is 1. The average molecular weight is 283 g/mol. The molecule has 0 radical (unpaired) electrons. The minimum Gasteiger partial charge on any atom is -0.383 e. The number of aryl methyl sites for hydroxylation is 1. The Morgan fingerprint density at radius 3 is 2.57 bits per heavy atom. The lowest BCUT2D eigenvalue weighted by Gasteiger charge is -2.21. The van der Waals surface area contributed by atoms with Gasteiger partial charge in [-0.2, -0.15) is 0 Å². The highest BCUT2D eigenvalue weighted by molar-refractivity contribution is 5.73.